The van der Waals surface area contributed by atoms with Crippen LogP contribution in [0, 0.1) is 0 Å². The van der Waals surface area contributed by atoms with Gasteiger partial charge in [-0.15, -0.1) is 0 Å². The highest BCUT2D eigenvalue weighted by Crippen LogP contribution is 2.16. The van der Waals surface area contributed by atoms with E-state index in [-0.39, 0.29) is 11.7 Å². The molecule has 0 bridgehead atoms. The van der Waals surface area contributed by atoms with Crippen molar-refractivity contribution in [1.82, 2.24) is 10.5 Å². The summed E-state index contributed by atoms with van der Waals surface area (Å²) in [4.78, 5) is 11.6. The second kappa shape index (κ2) is 5.16. The van der Waals surface area contributed by atoms with E-state index in [1.807, 2.05) is 24.3 Å². The van der Waals surface area contributed by atoms with E-state index in [1.54, 1.807) is 7.11 Å². The number of para-hydroxylation sites is 1. The zero-order chi connectivity index (χ0) is 12.1. The zero-order valence-corrected chi connectivity index (χ0v) is 9.34. The number of nitrogens with zero attached hydrogens (tertiary/aromatic N) is 1. The van der Waals surface area contributed by atoms with Crippen LogP contribution in [0.5, 0.6) is 5.75 Å². The number of aromatic nitrogens is 1. The molecule has 2 aromatic rings. The second-order valence-corrected chi connectivity index (χ2v) is 3.37. The van der Waals surface area contributed by atoms with E-state index in [0.717, 1.165) is 11.3 Å². The van der Waals surface area contributed by atoms with Crippen molar-refractivity contribution in [2.45, 2.75) is 6.54 Å². The standard InChI is InChI=1S/C12H12N2O3/c1-16-10-5-3-2-4-9(10)8-13-12(15)11-6-7-14-17-11/h2-7H,8H2,1H3,(H,13,15). The molecular weight excluding hydrogens is 220 g/mol. The molecule has 0 fully saturated rings. The Balaban J connectivity index is 2.00. The molecule has 1 heterocycles. The maximum Gasteiger partial charge on any atom is 0.290 e. The van der Waals surface area contributed by atoms with Crippen LogP contribution in [0.3, 0.4) is 0 Å². The van der Waals surface area contributed by atoms with Crippen LogP contribution in [0.15, 0.2) is 41.1 Å². The minimum atomic E-state index is -0.298. The summed E-state index contributed by atoms with van der Waals surface area (Å²) in [6.45, 7) is 0.379. The van der Waals surface area contributed by atoms with Crippen molar-refractivity contribution in [2.24, 2.45) is 0 Å². The van der Waals surface area contributed by atoms with Gasteiger partial charge in [-0.1, -0.05) is 23.4 Å². The summed E-state index contributed by atoms with van der Waals surface area (Å²) in [7, 11) is 1.59. The summed E-state index contributed by atoms with van der Waals surface area (Å²) >= 11 is 0. The fraction of sp³-hybridized carbons (Fsp3) is 0.167. The predicted octanol–water partition coefficient (Wildman–Crippen LogP) is 1.61. The van der Waals surface area contributed by atoms with Crippen LogP contribution < -0.4 is 10.1 Å². The van der Waals surface area contributed by atoms with Crippen LogP contribution in [0.4, 0.5) is 0 Å². The van der Waals surface area contributed by atoms with Gasteiger partial charge in [0.05, 0.1) is 13.3 Å². The van der Waals surface area contributed by atoms with Crippen LogP contribution in [-0.2, 0) is 6.54 Å². The van der Waals surface area contributed by atoms with Crippen LogP contribution in [-0.4, -0.2) is 18.2 Å². The number of benzene rings is 1. The maximum atomic E-state index is 11.6. The van der Waals surface area contributed by atoms with Crippen LogP contribution in [0.1, 0.15) is 16.1 Å². The largest absolute Gasteiger partial charge is 0.496 e. The first-order valence-electron chi connectivity index (χ1n) is 5.12. The van der Waals surface area contributed by atoms with Gasteiger partial charge in [0.2, 0.25) is 5.76 Å². The highest BCUT2D eigenvalue weighted by Gasteiger charge is 2.10. The van der Waals surface area contributed by atoms with Crippen molar-refractivity contribution >= 4 is 5.91 Å². The lowest BCUT2D eigenvalue weighted by Crippen LogP contribution is -2.22. The van der Waals surface area contributed by atoms with Gasteiger partial charge in [0.15, 0.2) is 0 Å². The number of hydrogen-bond donors (Lipinski definition) is 1. The number of carbonyl (C=O) groups is 1. The van der Waals surface area contributed by atoms with Gasteiger partial charge < -0.3 is 14.6 Å². The Hall–Kier alpha value is -2.30. The maximum absolute atomic E-state index is 11.6. The van der Waals surface area contributed by atoms with Crippen LogP contribution in [0.25, 0.3) is 0 Å². The molecule has 0 unspecified atom stereocenters. The van der Waals surface area contributed by atoms with E-state index in [1.165, 1.54) is 12.3 Å². The Morgan fingerprint density at radius 2 is 2.24 bits per heavy atom. The molecule has 0 radical (unpaired) electrons. The number of hydrogen-bond acceptors (Lipinski definition) is 4. The molecule has 0 aliphatic heterocycles. The van der Waals surface area contributed by atoms with E-state index in [4.69, 9.17) is 9.26 Å². The van der Waals surface area contributed by atoms with E-state index < -0.39 is 0 Å². The summed E-state index contributed by atoms with van der Waals surface area (Å²) in [6, 6.07) is 9.01. The third-order valence-corrected chi connectivity index (χ3v) is 2.29. The van der Waals surface area contributed by atoms with Gasteiger partial charge in [0.25, 0.3) is 5.91 Å². The third-order valence-electron chi connectivity index (χ3n) is 2.29. The first kappa shape index (κ1) is 11.2. The number of rotatable bonds is 4. The molecular formula is C12H12N2O3. The van der Waals surface area contributed by atoms with Gasteiger partial charge in [-0.2, -0.15) is 0 Å². The Morgan fingerprint density at radius 3 is 2.94 bits per heavy atom. The molecule has 88 valence electrons. The molecule has 0 atom stereocenters. The lowest BCUT2D eigenvalue weighted by atomic mass is 10.2. The fourth-order valence-electron chi connectivity index (χ4n) is 1.44. The first-order chi connectivity index (χ1) is 8.31. The van der Waals surface area contributed by atoms with Gasteiger partial charge in [-0.05, 0) is 6.07 Å². The number of amides is 1. The van der Waals surface area contributed by atoms with Gasteiger partial charge >= 0.3 is 0 Å². The quantitative estimate of drug-likeness (QED) is 0.869. The third kappa shape index (κ3) is 2.63. The summed E-state index contributed by atoms with van der Waals surface area (Å²) in [5.41, 5.74) is 0.905. The molecule has 2 rings (SSSR count). The van der Waals surface area contributed by atoms with E-state index in [0.29, 0.717) is 6.54 Å². The monoisotopic (exact) mass is 232 g/mol. The smallest absolute Gasteiger partial charge is 0.290 e. The summed E-state index contributed by atoms with van der Waals surface area (Å²) < 4.78 is 9.93. The lowest BCUT2D eigenvalue weighted by Gasteiger charge is -2.08. The highest BCUT2D eigenvalue weighted by atomic mass is 16.5. The molecule has 5 heteroatoms. The van der Waals surface area contributed by atoms with Crippen molar-refractivity contribution < 1.29 is 14.1 Å². The fourth-order valence-corrected chi connectivity index (χ4v) is 1.44. The number of carbonyl (C=O) groups excluding carboxylic acids is 1. The molecule has 0 saturated carbocycles. The summed E-state index contributed by atoms with van der Waals surface area (Å²) in [6.07, 6.45) is 1.43. The Kier molecular flexibility index (Phi) is 3.40. The molecule has 0 spiro atoms. The number of nitrogens with one attached hydrogen (secondary N) is 1. The van der Waals surface area contributed by atoms with E-state index >= 15 is 0 Å². The molecule has 1 N–H and O–H groups in total. The van der Waals surface area contributed by atoms with Gasteiger partial charge in [-0.3, -0.25) is 4.79 Å². The molecule has 1 aromatic carbocycles. The van der Waals surface area contributed by atoms with Crippen molar-refractivity contribution in [3.63, 3.8) is 0 Å². The molecule has 1 amide bonds. The summed E-state index contributed by atoms with van der Waals surface area (Å²) in [5.74, 6) is 0.638. The van der Waals surface area contributed by atoms with Crippen molar-refractivity contribution in [1.29, 1.82) is 0 Å². The molecule has 0 saturated heterocycles. The molecule has 1 aromatic heterocycles. The van der Waals surface area contributed by atoms with Crippen molar-refractivity contribution in [3.8, 4) is 5.75 Å². The van der Waals surface area contributed by atoms with Gasteiger partial charge in [-0.25, -0.2) is 0 Å². The molecule has 5 nitrogen and oxygen atoms in total. The highest BCUT2D eigenvalue weighted by molar-refractivity contribution is 5.91. The average Bonchev–Trinajstić information content (AvgIpc) is 2.90. The van der Waals surface area contributed by atoms with Crippen LogP contribution in [0.2, 0.25) is 0 Å². The minimum absolute atomic E-state index is 0.194. The molecule has 0 aliphatic carbocycles. The Morgan fingerprint density at radius 1 is 1.41 bits per heavy atom. The average molecular weight is 232 g/mol. The van der Waals surface area contributed by atoms with Crippen LogP contribution >= 0.6 is 0 Å². The lowest BCUT2D eigenvalue weighted by molar-refractivity contribution is 0.0913. The Bertz CT molecular complexity index is 494. The van der Waals surface area contributed by atoms with E-state index in [2.05, 4.69) is 10.5 Å². The Labute approximate surface area is 98.4 Å². The normalized spacial score (nSPS) is 9.94. The zero-order valence-electron chi connectivity index (χ0n) is 9.34. The topological polar surface area (TPSA) is 64.4 Å². The summed E-state index contributed by atoms with van der Waals surface area (Å²) in [5, 5.41) is 6.19. The number of ether oxygens (including phenoxy) is 1. The van der Waals surface area contributed by atoms with E-state index in [9.17, 15) is 4.79 Å². The van der Waals surface area contributed by atoms with Crippen molar-refractivity contribution in [3.05, 3.63) is 47.9 Å². The molecule has 17 heavy (non-hydrogen) atoms. The van der Waals surface area contributed by atoms with Gasteiger partial charge in [0.1, 0.15) is 5.75 Å². The van der Waals surface area contributed by atoms with Gasteiger partial charge in [0, 0.05) is 18.2 Å². The minimum Gasteiger partial charge on any atom is -0.496 e. The second-order valence-electron chi connectivity index (χ2n) is 3.37. The molecule has 0 aliphatic rings. The first-order valence-corrected chi connectivity index (χ1v) is 5.12. The van der Waals surface area contributed by atoms with Crippen molar-refractivity contribution in [2.75, 3.05) is 7.11 Å². The SMILES string of the molecule is COc1ccccc1CNC(=O)c1ccno1. The number of methoxy groups -OCH3 is 1. The predicted molar refractivity (Wildman–Crippen MR) is 60.7 cm³/mol.